The zero-order valence-corrected chi connectivity index (χ0v) is 13.4. The highest BCUT2D eigenvalue weighted by molar-refractivity contribution is 6.24. The van der Waals surface area contributed by atoms with Gasteiger partial charge in [-0.2, -0.15) is 4.89 Å². The highest BCUT2D eigenvalue weighted by Gasteiger charge is 2.78. The summed E-state index contributed by atoms with van der Waals surface area (Å²) in [6.45, 7) is 0. The monoisotopic (exact) mass is 319 g/mol. The van der Waals surface area contributed by atoms with E-state index in [4.69, 9.17) is 26.1 Å². The summed E-state index contributed by atoms with van der Waals surface area (Å²) >= 11 is 6.88. The van der Waals surface area contributed by atoms with Crippen LogP contribution in [0.1, 0.15) is 37.7 Å². The van der Waals surface area contributed by atoms with E-state index in [-0.39, 0.29) is 10.5 Å². The van der Waals surface area contributed by atoms with E-state index in [1.54, 1.807) is 7.11 Å². The van der Waals surface area contributed by atoms with E-state index < -0.39 is 5.79 Å². The molecule has 4 heteroatoms. The van der Waals surface area contributed by atoms with Crippen LogP contribution in [0.3, 0.4) is 0 Å². The highest BCUT2D eigenvalue weighted by atomic mass is 35.5. The molecule has 1 aromatic carbocycles. The van der Waals surface area contributed by atoms with E-state index in [2.05, 4.69) is 6.07 Å². The molecule has 5 fully saturated rings. The third-order valence-electron chi connectivity index (χ3n) is 6.51. The summed E-state index contributed by atoms with van der Waals surface area (Å²) in [4.78, 5) is 11.6. The molecule has 0 N–H and O–H groups in total. The second-order valence-electron chi connectivity index (χ2n) is 7.57. The summed E-state index contributed by atoms with van der Waals surface area (Å²) in [5.41, 5.74) is 0.617. The number of hydrogen-bond acceptors (Lipinski definition) is 3. The van der Waals surface area contributed by atoms with Crippen LogP contribution in [0, 0.1) is 23.8 Å². The summed E-state index contributed by atoms with van der Waals surface area (Å²) < 4.78 is 5.96. The van der Waals surface area contributed by atoms with Crippen molar-refractivity contribution in [2.75, 3.05) is 7.11 Å². The number of benzene rings is 1. The van der Waals surface area contributed by atoms with Crippen molar-refractivity contribution in [2.24, 2.45) is 17.8 Å². The average molecular weight is 320 g/mol. The van der Waals surface area contributed by atoms with Gasteiger partial charge >= 0.3 is 0 Å². The number of rotatable bonds is 2. The van der Waals surface area contributed by atoms with E-state index in [0.29, 0.717) is 11.8 Å². The van der Waals surface area contributed by atoms with Crippen molar-refractivity contribution in [3.63, 3.8) is 0 Å². The molecule has 6 rings (SSSR count). The van der Waals surface area contributed by atoms with Crippen molar-refractivity contribution in [2.45, 2.75) is 48.4 Å². The van der Waals surface area contributed by atoms with Gasteiger partial charge in [0, 0.05) is 17.5 Å². The van der Waals surface area contributed by atoms with Crippen LogP contribution in [0.5, 0.6) is 0 Å². The predicted molar refractivity (Wildman–Crippen MR) is 81.0 cm³/mol. The lowest BCUT2D eigenvalue weighted by atomic mass is 9.46. The molecule has 1 radical (unpaired) electrons. The Kier molecular flexibility index (Phi) is 2.68. The fourth-order valence-corrected chi connectivity index (χ4v) is 6.53. The van der Waals surface area contributed by atoms with Gasteiger partial charge in [0.15, 0.2) is 5.60 Å². The van der Waals surface area contributed by atoms with E-state index in [9.17, 15) is 0 Å². The predicted octanol–water partition coefficient (Wildman–Crippen LogP) is 3.80. The van der Waals surface area contributed by atoms with Gasteiger partial charge in [-0.25, -0.2) is 4.89 Å². The Morgan fingerprint density at radius 3 is 2.50 bits per heavy atom. The second kappa shape index (κ2) is 4.27. The van der Waals surface area contributed by atoms with Gasteiger partial charge in [-0.3, -0.25) is 0 Å². The summed E-state index contributed by atoms with van der Waals surface area (Å²) in [5, 5.41) is 0. The van der Waals surface area contributed by atoms with Crippen molar-refractivity contribution in [3.8, 4) is 0 Å². The molecule has 4 saturated carbocycles. The molecule has 1 heterocycles. The van der Waals surface area contributed by atoms with Crippen molar-refractivity contribution in [3.05, 3.63) is 35.9 Å². The lowest BCUT2D eigenvalue weighted by Gasteiger charge is -2.70. The molecule has 22 heavy (non-hydrogen) atoms. The molecule has 0 aromatic heterocycles. The van der Waals surface area contributed by atoms with Crippen LogP contribution in [0.25, 0.3) is 0 Å². The van der Waals surface area contributed by atoms with Crippen molar-refractivity contribution in [1.29, 1.82) is 0 Å². The van der Waals surface area contributed by atoms with Crippen LogP contribution in [0.2, 0.25) is 0 Å². The maximum absolute atomic E-state index is 6.88. The minimum absolute atomic E-state index is 0.0248. The van der Waals surface area contributed by atoms with Crippen LogP contribution in [0.15, 0.2) is 24.3 Å². The Hall–Kier alpha value is -0.610. The Morgan fingerprint density at radius 1 is 1.23 bits per heavy atom. The van der Waals surface area contributed by atoms with Crippen LogP contribution in [-0.4, -0.2) is 17.6 Å². The van der Waals surface area contributed by atoms with Crippen molar-refractivity contribution in [1.82, 2.24) is 0 Å². The summed E-state index contributed by atoms with van der Waals surface area (Å²) in [5.74, 6) is 0.748. The Bertz CT molecular complexity index is 584. The van der Waals surface area contributed by atoms with E-state index in [1.807, 2.05) is 24.3 Å². The fraction of sp³-hybridized carbons (Fsp3) is 0.667. The van der Waals surface area contributed by atoms with Gasteiger partial charge in [-0.15, -0.1) is 11.6 Å². The van der Waals surface area contributed by atoms with Crippen LogP contribution in [-0.2, 0) is 20.3 Å². The fourth-order valence-electron chi connectivity index (χ4n) is 5.94. The van der Waals surface area contributed by atoms with Gasteiger partial charge in [-0.05, 0) is 62.0 Å². The minimum atomic E-state index is -0.805. The lowest BCUT2D eigenvalue weighted by molar-refractivity contribution is -0.645. The average Bonchev–Trinajstić information content (AvgIpc) is 2.46. The molecule has 1 aromatic rings. The molecular formula is C18H20ClO3. The normalized spacial score (nSPS) is 52.0. The largest absolute Gasteiger partial charge is 0.345 e. The van der Waals surface area contributed by atoms with Gasteiger partial charge in [0.25, 0.3) is 5.79 Å². The SMILES string of the molecule is COC1(c2c[c]ccc2)OOC12C1CC3CC2CC(Cl)(C3)C1. The molecule has 5 aliphatic rings. The third-order valence-corrected chi connectivity index (χ3v) is 6.98. The van der Waals surface area contributed by atoms with E-state index in [1.165, 1.54) is 12.8 Å². The van der Waals surface area contributed by atoms with Crippen LogP contribution in [0.4, 0.5) is 0 Å². The maximum atomic E-state index is 6.88. The summed E-state index contributed by atoms with van der Waals surface area (Å²) in [6, 6.07) is 11.0. The highest BCUT2D eigenvalue weighted by Crippen LogP contribution is 2.71. The maximum Gasteiger partial charge on any atom is 0.260 e. The topological polar surface area (TPSA) is 27.7 Å². The van der Waals surface area contributed by atoms with Gasteiger partial charge in [0.2, 0.25) is 0 Å². The zero-order valence-electron chi connectivity index (χ0n) is 12.7. The molecule has 3 nitrogen and oxygen atoms in total. The van der Waals surface area contributed by atoms with Crippen molar-refractivity contribution < 1.29 is 14.5 Å². The number of methoxy groups -OCH3 is 1. The first kappa shape index (κ1) is 13.8. The van der Waals surface area contributed by atoms with Crippen LogP contribution < -0.4 is 0 Å². The Labute approximate surface area is 135 Å². The number of ether oxygens (including phenoxy) is 1. The molecule has 4 aliphatic carbocycles. The summed E-state index contributed by atoms with van der Waals surface area (Å²) in [6.07, 6.45) is 5.53. The molecular weight excluding hydrogens is 300 g/mol. The molecule has 3 atom stereocenters. The molecule has 117 valence electrons. The number of hydrogen-bond donors (Lipinski definition) is 0. The van der Waals surface area contributed by atoms with E-state index >= 15 is 0 Å². The van der Waals surface area contributed by atoms with Gasteiger partial charge < -0.3 is 4.74 Å². The molecule has 0 amide bonds. The van der Waals surface area contributed by atoms with Gasteiger partial charge in [0.1, 0.15) is 0 Å². The minimum Gasteiger partial charge on any atom is -0.345 e. The molecule has 1 saturated heterocycles. The second-order valence-corrected chi connectivity index (χ2v) is 8.37. The first-order valence-corrected chi connectivity index (χ1v) is 8.57. The third kappa shape index (κ3) is 1.44. The molecule has 1 aliphatic heterocycles. The van der Waals surface area contributed by atoms with Gasteiger partial charge in [-0.1, -0.05) is 18.2 Å². The zero-order chi connectivity index (χ0) is 15.0. The Balaban J connectivity index is 1.62. The van der Waals surface area contributed by atoms with Crippen molar-refractivity contribution >= 4 is 11.6 Å². The first-order chi connectivity index (χ1) is 10.6. The lowest BCUT2D eigenvalue weighted by Crippen LogP contribution is -2.78. The van der Waals surface area contributed by atoms with E-state index in [0.717, 1.165) is 30.7 Å². The standard InChI is InChI=1S/C18H20ClO3/c1-20-18(13-5-3-2-4-6-13)17(21-22-18)14-7-12-8-15(17)11-16(19,9-12)10-14/h2-3,5-6,12,14-15H,7-11H2,1H3. The molecule has 1 spiro atoms. The first-order valence-electron chi connectivity index (χ1n) is 8.19. The van der Waals surface area contributed by atoms with Crippen LogP contribution >= 0.6 is 11.6 Å². The number of alkyl halides is 1. The summed E-state index contributed by atoms with van der Waals surface area (Å²) in [7, 11) is 1.72. The molecule has 4 bridgehead atoms. The Morgan fingerprint density at radius 2 is 2.00 bits per heavy atom. The smallest absolute Gasteiger partial charge is 0.260 e. The number of halogens is 1. The molecule has 3 unspecified atom stereocenters. The van der Waals surface area contributed by atoms with Gasteiger partial charge in [0.05, 0.1) is 0 Å². The quantitative estimate of drug-likeness (QED) is 0.613.